The first-order valence-electron chi connectivity index (χ1n) is 7.43. The van der Waals surface area contributed by atoms with Crippen LogP contribution >= 0.6 is 0 Å². The smallest absolute Gasteiger partial charge is 0.328 e. The highest BCUT2D eigenvalue weighted by atomic mass is 19.1. The zero-order chi connectivity index (χ0) is 18.3. The molecule has 0 aliphatic rings. The summed E-state index contributed by atoms with van der Waals surface area (Å²) < 4.78 is 17.8. The summed E-state index contributed by atoms with van der Waals surface area (Å²) in [5, 5.41) is 4.84. The molecule has 0 spiro atoms. The first-order valence-corrected chi connectivity index (χ1v) is 7.43. The summed E-state index contributed by atoms with van der Waals surface area (Å²) in [6.07, 6.45) is 0.0328. The molecular weight excluding hydrogens is 317 g/mol. The van der Waals surface area contributed by atoms with Crippen molar-refractivity contribution in [2.75, 3.05) is 7.11 Å². The van der Waals surface area contributed by atoms with Crippen LogP contribution in [0.3, 0.4) is 0 Å². The number of carbonyl (C=O) groups excluding carboxylic acids is 3. The third kappa shape index (κ3) is 5.86. The monoisotopic (exact) mass is 339 g/mol. The molecule has 3 amide bonds. The van der Waals surface area contributed by atoms with Gasteiger partial charge in [-0.1, -0.05) is 26.0 Å². The van der Waals surface area contributed by atoms with E-state index in [0.29, 0.717) is 5.56 Å². The number of hydrogen-bond donors (Lipinski definition) is 3. The van der Waals surface area contributed by atoms with E-state index in [-0.39, 0.29) is 12.3 Å². The molecule has 0 saturated heterocycles. The number of ether oxygens (including phenoxy) is 1. The zero-order valence-electron chi connectivity index (χ0n) is 13.8. The van der Waals surface area contributed by atoms with Gasteiger partial charge in [0.2, 0.25) is 5.91 Å². The van der Waals surface area contributed by atoms with Crippen molar-refractivity contribution in [2.24, 2.45) is 11.7 Å². The van der Waals surface area contributed by atoms with Crippen LogP contribution < -0.4 is 16.4 Å². The Morgan fingerprint density at radius 2 is 1.92 bits per heavy atom. The molecule has 24 heavy (non-hydrogen) atoms. The lowest BCUT2D eigenvalue weighted by Gasteiger charge is -2.22. The predicted molar refractivity (Wildman–Crippen MR) is 85.4 cm³/mol. The van der Waals surface area contributed by atoms with Gasteiger partial charge in [-0.15, -0.1) is 0 Å². The molecule has 1 rings (SSSR count). The summed E-state index contributed by atoms with van der Waals surface area (Å²) in [7, 11) is 1.22. The van der Waals surface area contributed by atoms with Crippen molar-refractivity contribution in [2.45, 2.75) is 32.4 Å². The SMILES string of the molecule is COC(=O)C(NC(=O)N[C@@H](Cc1cccc(F)c1)C(N)=O)C(C)C. The minimum atomic E-state index is -1.04. The molecule has 2 atom stereocenters. The number of esters is 1. The molecule has 1 aromatic rings. The van der Waals surface area contributed by atoms with Gasteiger partial charge in [-0.3, -0.25) is 4.79 Å². The molecule has 1 aromatic carbocycles. The van der Waals surface area contributed by atoms with Crippen molar-refractivity contribution >= 4 is 17.9 Å². The van der Waals surface area contributed by atoms with Gasteiger partial charge in [-0.25, -0.2) is 14.0 Å². The second-order valence-electron chi connectivity index (χ2n) is 5.65. The fourth-order valence-electron chi connectivity index (χ4n) is 2.09. The Morgan fingerprint density at radius 3 is 2.42 bits per heavy atom. The van der Waals surface area contributed by atoms with E-state index >= 15 is 0 Å². The van der Waals surface area contributed by atoms with Crippen molar-refractivity contribution in [1.82, 2.24) is 10.6 Å². The number of hydrogen-bond acceptors (Lipinski definition) is 4. The van der Waals surface area contributed by atoms with Gasteiger partial charge in [-0.2, -0.15) is 0 Å². The molecule has 0 aliphatic carbocycles. The average molecular weight is 339 g/mol. The first-order chi connectivity index (χ1) is 11.2. The number of amides is 3. The largest absolute Gasteiger partial charge is 0.467 e. The molecule has 8 heteroatoms. The molecule has 7 nitrogen and oxygen atoms in total. The predicted octanol–water partition coefficient (Wildman–Crippen LogP) is 0.719. The molecule has 0 radical (unpaired) electrons. The molecule has 0 saturated carbocycles. The number of primary amides is 1. The van der Waals surface area contributed by atoms with E-state index in [9.17, 15) is 18.8 Å². The number of nitrogens with one attached hydrogen (secondary N) is 2. The number of halogens is 1. The topological polar surface area (TPSA) is 111 Å². The third-order valence-corrected chi connectivity index (χ3v) is 3.39. The van der Waals surface area contributed by atoms with Crippen LogP contribution in [0.2, 0.25) is 0 Å². The zero-order valence-corrected chi connectivity index (χ0v) is 13.8. The molecule has 0 heterocycles. The molecule has 1 unspecified atom stereocenters. The van der Waals surface area contributed by atoms with Gasteiger partial charge in [0.1, 0.15) is 17.9 Å². The van der Waals surface area contributed by atoms with Crippen molar-refractivity contribution in [1.29, 1.82) is 0 Å². The molecule has 0 aromatic heterocycles. The Balaban J connectivity index is 2.75. The Labute approximate surface area is 139 Å². The minimum absolute atomic E-state index is 0.0328. The van der Waals surface area contributed by atoms with Crippen molar-refractivity contribution in [3.63, 3.8) is 0 Å². The lowest BCUT2D eigenvalue weighted by atomic mass is 10.0. The van der Waals surface area contributed by atoms with E-state index in [4.69, 9.17) is 5.73 Å². The molecule has 0 bridgehead atoms. The van der Waals surface area contributed by atoms with Gasteiger partial charge < -0.3 is 21.1 Å². The maximum absolute atomic E-state index is 13.2. The number of nitrogens with two attached hydrogens (primary N) is 1. The maximum Gasteiger partial charge on any atom is 0.328 e. The Kier molecular flexibility index (Phi) is 7.16. The number of urea groups is 1. The van der Waals surface area contributed by atoms with Crippen LogP contribution in [-0.2, 0) is 20.7 Å². The third-order valence-electron chi connectivity index (χ3n) is 3.39. The lowest BCUT2D eigenvalue weighted by Crippen LogP contribution is -2.54. The number of rotatable bonds is 7. The quantitative estimate of drug-likeness (QED) is 0.636. The van der Waals surface area contributed by atoms with E-state index in [2.05, 4.69) is 15.4 Å². The van der Waals surface area contributed by atoms with Crippen LogP contribution in [0.25, 0.3) is 0 Å². The normalized spacial score (nSPS) is 13.0. The van der Waals surface area contributed by atoms with Crippen molar-refractivity contribution in [3.8, 4) is 0 Å². The van der Waals surface area contributed by atoms with Crippen LogP contribution in [-0.4, -0.2) is 37.1 Å². The van der Waals surface area contributed by atoms with E-state index in [1.165, 1.54) is 25.3 Å². The van der Waals surface area contributed by atoms with Crippen LogP contribution in [0.1, 0.15) is 19.4 Å². The summed E-state index contributed by atoms with van der Waals surface area (Å²) in [6, 6.07) is 2.99. The summed E-state index contributed by atoms with van der Waals surface area (Å²) in [5.74, 6) is -2.03. The number of benzene rings is 1. The highest BCUT2D eigenvalue weighted by Gasteiger charge is 2.27. The van der Waals surface area contributed by atoms with Crippen LogP contribution in [0.15, 0.2) is 24.3 Å². The van der Waals surface area contributed by atoms with E-state index in [0.717, 1.165) is 0 Å². The molecular formula is C16H22FN3O4. The van der Waals surface area contributed by atoms with Gasteiger partial charge in [0.25, 0.3) is 0 Å². The molecule has 4 N–H and O–H groups in total. The Hall–Kier alpha value is -2.64. The average Bonchev–Trinajstić information content (AvgIpc) is 2.51. The highest BCUT2D eigenvalue weighted by molar-refractivity contribution is 5.88. The van der Waals surface area contributed by atoms with Crippen molar-refractivity contribution < 1.29 is 23.5 Å². The Morgan fingerprint density at radius 1 is 1.25 bits per heavy atom. The van der Waals surface area contributed by atoms with E-state index < -0.39 is 35.8 Å². The number of carbonyl (C=O) groups is 3. The van der Waals surface area contributed by atoms with E-state index in [1.807, 2.05) is 0 Å². The van der Waals surface area contributed by atoms with E-state index in [1.54, 1.807) is 19.9 Å². The van der Waals surface area contributed by atoms with Gasteiger partial charge >= 0.3 is 12.0 Å². The summed E-state index contributed by atoms with van der Waals surface area (Å²) in [4.78, 5) is 35.2. The standard InChI is InChI=1S/C16H22FN3O4/c1-9(2)13(15(22)24-3)20-16(23)19-12(14(18)21)8-10-5-4-6-11(17)7-10/h4-7,9,12-13H,8H2,1-3H3,(H2,18,21)(H2,19,20,23)/t12-,13?/m0/s1. The second-order valence-corrected chi connectivity index (χ2v) is 5.65. The second kappa shape index (κ2) is 8.85. The molecule has 132 valence electrons. The van der Waals surface area contributed by atoms with Gasteiger partial charge in [0, 0.05) is 6.42 Å². The number of methoxy groups -OCH3 is 1. The minimum Gasteiger partial charge on any atom is -0.467 e. The summed E-state index contributed by atoms with van der Waals surface area (Å²) in [5.41, 5.74) is 5.79. The fourth-order valence-corrected chi connectivity index (χ4v) is 2.09. The fraction of sp³-hybridized carbons (Fsp3) is 0.438. The van der Waals surface area contributed by atoms with Crippen molar-refractivity contribution in [3.05, 3.63) is 35.6 Å². The Bertz CT molecular complexity index is 607. The van der Waals surface area contributed by atoms with Crippen LogP contribution in [0.5, 0.6) is 0 Å². The van der Waals surface area contributed by atoms with Crippen LogP contribution in [0.4, 0.5) is 9.18 Å². The van der Waals surface area contributed by atoms with Gasteiger partial charge in [0.15, 0.2) is 0 Å². The van der Waals surface area contributed by atoms with Gasteiger partial charge in [-0.05, 0) is 23.6 Å². The lowest BCUT2D eigenvalue weighted by molar-refractivity contribution is -0.143. The molecule has 0 aliphatic heterocycles. The summed E-state index contributed by atoms with van der Waals surface area (Å²) >= 11 is 0. The van der Waals surface area contributed by atoms with Gasteiger partial charge in [0.05, 0.1) is 7.11 Å². The summed E-state index contributed by atoms with van der Waals surface area (Å²) in [6.45, 7) is 3.47. The first kappa shape index (κ1) is 19.4. The van der Waals surface area contributed by atoms with Crippen LogP contribution in [0, 0.1) is 11.7 Å². The molecule has 0 fully saturated rings. The highest BCUT2D eigenvalue weighted by Crippen LogP contribution is 2.07. The maximum atomic E-state index is 13.2.